The zero-order valence-electron chi connectivity index (χ0n) is 10.0. The van der Waals surface area contributed by atoms with Crippen LogP contribution in [0.25, 0.3) is 0 Å². The minimum absolute atomic E-state index is 0.405. The maximum absolute atomic E-state index is 9.82. The molecule has 0 aliphatic carbocycles. The van der Waals surface area contributed by atoms with E-state index in [1.807, 2.05) is 6.92 Å². The van der Waals surface area contributed by atoms with Crippen molar-refractivity contribution in [3.8, 4) is 0 Å². The molecule has 1 atom stereocenters. The van der Waals surface area contributed by atoms with Crippen molar-refractivity contribution in [3.05, 3.63) is 0 Å². The number of nitrogens with zero attached hydrogens (tertiary/aromatic N) is 1. The highest BCUT2D eigenvalue weighted by molar-refractivity contribution is 9.09. The van der Waals surface area contributed by atoms with Gasteiger partial charge in [0.1, 0.15) is 0 Å². The molecule has 3 heteroatoms. The molecule has 1 aliphatic rings. The summed E-state index contributed by atoms with van der Waals surface area (Å²) < 4.78 is 0. The van der Waals surface area contributed by atoms with E-state index in [0.717, 1.165) is 37.2 Å². The SMILES string of the molecule is CC(CCBr)CCN1CCC(C)(O)CC1. The van der Waals surface area contributed by atoms with Gasteiger partial charge in [-0.15, -0.1) is 0 Å². The first kappa shape index (κ1) is 13.5. The van der Waals surface area contributed by atoms with Gasteiger partial charge in [-0.25, -0.2) is 0 Å². The van der Waals surface area contributed by atoms with Crippen LogP contribution in [0.4, 0.5) is 0 Å². The average molecular weight is 278 g/mol. The van der Waals surface area contributed by atoms with Gasteiger partial charge in [0.15, 0.2) is 0 Å². The van der Waals surface area contributed by atoms with Gasteiger partial charge in [0.2, 0.25) is 0 Å². The quantitative estimate of drug-likeness (QED) is 0.781. The van der Waals surface area contributed by atoms with Gasteiger partial charge in [0.25, 0.3) is 0 Å². The molecule has 1 unspecified atom stereocenters. The zero-order valence-corrected chi connectivity index (χ0v) is 11.6. The summed E-state index contributed by atoms with van der Waals surface area (Å²) in [5.74, 6) is 0.812. The number of likely N-dealkylation sites (tertiary alicyclic amines) is 1. The highest BCUT2D eigenvalue weighted by Gasteiger charge is 2.26. The molecule has 1 fully saturated rings. The van der Waals surface area contributed by atoms with Crippen LogP contribution in [-0.4, -0.2) is 40.6 Å². The summed E-state index contributed by atoms with van der Waals surface area (Å²) in [4.78, 5) is 2.49. The lowest BCUT2D eigenvalue weighted by molar-refractivity contribution is -0.00618. The predicted octanol–water partition coefficient (Wildman–Crippen LogP) is 2.64. The number of hydrogen-bond acceptors (Lipinski definition) is 2. The molecular weight excluding hydrogens is 254 g/mol. The van der Waals surface area contributed by atoms with E-state index >= 15 is 0 Å². The minimum Gasteiger partial charge on any atom is -0.390 e. The average Bonchev–Trinajstić information content (AvgIpc) is 2.17. The summed E-state index contributed by atoms with van der Waals surface area (Å²) in [6.45, 7) is 7.60. The molecule has 0 saturated carbocycles. The van der Waals surface area contributed by atoms with E-state index < -0.39 is 5.60 Å². The molecule has 0 bridgehead atoms. The van der Waals surface area contributed by atoms with Crippen molar-refractivity contribution in [3.63, 3.8) is 0 Å². The van der Waals surface area contributed by atoms with Gasteiger partial charge in [-0.3, -0.25) is 0 Å². The number of hydrogen-bond donors (Lipinski definition) is 1. The Kier molecular flexibility index (Phi) is 5.58. The van der Waals surface area contributed by atoms with Crippen LogP contribution in [0.2, 0.25) is 0 Å². The number of piperidine rings is 1. The maximum atomic E-state index is 9.82. The highest BCUT2D eigenvalue weighted by atomic mass is 79.9. The normalized spacial score (nSPS) is 24.0. The van der Waals surface area contributed by atoms with Crippen LogP contribution in [-0.2, 0) is 0 Å². The monoisotopic (exact) mass is 277 g/mol. The lowest BCUT2D eigenvalue weighted by Gasteiger charge is -2.36. The summed E-state index contributed by atoms with van der Waals surface area (Å²) in [6.07, 6.45) is 4.42. The third-order valence-electron chi connectivity index (χ3n) is 3.47. The van der Waals surface area contributed by atoms with Crippen molar-refractivity contribution >= 4 is 15.9 Å². The van der Waals surface area contributed by atoms with E-state index in [2.05, 4.69) is 27.8 Å². The van der Waals surface area contributed by atoms with E-state index in [1.54, 1.807) is 0 Å². The van der Waals surface area contributed by atoms with Gasteiger partial charge in [-0.1, -0.05) is 22.9 Å². The maximum Gasteiger partial charge on any atom is 0.0644 e. The second kappa shape index (κ2) is 6.21. The Morgan fingerprint density at radius 1 is 1.33 bits per heavy atom. The molecule has 1 rings (SSSR count). The van der Waals surface area contributed by atoms with Crippen LogP contribution in [0.3, 0.4) is 0 Å². The van der Waals surface area contributed by atoms with Gasteiger partial charge in [-0.05, 0) is 45.1 Å². The summed E-state index contributed by atoms with van der Waals surface area (Å²) in [5, 5.41) is 10.9. The molecular formula is C12H24BrNO. The zero-order chi connectivity index (χ0) is 11.3. The molecule has 90 valence electrons. The second-order valence-corrected chi connectivity index (χ2v) is 6.00. The third kappa shape index (κ3) is 5.32. The van der Waals surface area contributed by atoms with Crippen molar-refractivity contribution in [1.29, 1.82) is 0 Å². The van der Waals surface area contributed by atoms with Crippen molar-refractivity contribution in [2.75, 3.05) is 25.0 Å². The fourth-order valence-electron chi connectivity index (χ4n) is 1.99. The Bertz CT molecular complexity index is 174. The Labute approximate surface area is 102 Å². The lowest BCUT2D eigenvalue weighted by Crippen LogP contribution is -2.42. The molecule has 0 aromatic rings. The molecule has 1 heterocycles. The van der Waals surface area contributed by atoms with E-state index in [1.165, 1.54) is 19.4 Å². The van der Waals surface area contributed by atoms with E-state index in [-0.39, 0.29) is 0 Å². The van der Waals surface area contributed by atoms with E-state index in [9.17, 15) is 5.11 Å². The van der Waals surface area contributed by atoms with Crippen LogP contribution in [0, 0.1) is 5.92 Å². The van der Waals surface area contributed by atoms with Crippen LogP contribution < -0.4 is 0 Å². The van der Waals surface area contributed by atoms with E-state index in [4.69, 9.17) is 0 Å². The summed E-state index contributed by atoms with van der Waals surface area (Å²) in [5.41, 5.74) is -0.405. The number of halogens is 1. The summed E-state index contributed by atoms with van der Waals surface area (Å²) in [7, 11) is 0. The summed E-state index contributed by atoms with van der Waals surface area (Å²) >= 11 is 3.48. The fraction of sp³-hybridized carbons (Fsp3) is 1.00. The molecule has 0 spiro atoms. The molecule has 0 radical (unpaired) electrons. The Morgan fingerprint density at radius 2 is 1.93 bits per heavy atom. The van der Waals surface area contributed by atoms with Gasteiger partial charge in [0.05, 0.1) is 5.60 Å². The standard InChI is InChI=1S/C12H24BrNO/c1-11(3-7-13)4-8-14-9-5-12(2,15)6-10-14/h11,15H,3-10H2,1-2H3. The topological polar surface area (TPSA) is 23.5 Å². The number of rotatable bonds is 5. The van der Waals surface area contributed by atoms with Crippen molar-refractivity contribution in [2.45, 2.75) is 45.1 Å². The Hall–Kier alpha value is 0.400. The van der Waals surface area contributed by atoms with Gasteiger partial charge >= 0.3 is 0 Å². The van der Waals surface area contributed by atoms with Gasteiger partial charge in [0, 0.05) is 18.4 Å². The Balaban J connectivity index is 2.13. The van der Waals surface area contributed by atoms with Crippen molar-refractivity contribution in [1.82, 2.24) is 4.90 Å². The molecule has 0 aromatic carbocycles. The molecule has 0 amide bonds. The van der Waals surface area contributed by atoms with Crippen LogP contribution in [0.1, 0.15) is 39.5 Å². The van der Waals surface area contributed by atoms with E-state index in [0.29, 0.717) is 0 Å². The number of aliphatic hydroxyl groups is 1. The van der Waals surface area contributed by atoms with Crippen LogP contribution in [0.5, 0.6) is 0 Å². The first-order valence-corrected chi connectivity index (χ1v) is 7.16. The molecule has 1 N–H and O–H groups in total. The van der Waals surface area contributed by atoms with Crippen LogP contribution in [0.15, 0.2) is 0 Å². The van der Waals surface area contributed by atoms with Gasteiger partial charge in [-0.2, -0.15) is 0 Å². The first-order valence-electron chi connectivity index (χ1n) is 6.04. The summed E-state index contributed by atoms with van der Waals surface area (Å²) in [6, 6.07) is 0. The molecule has 0 aromatic heterocycles. The highest BCUT2D eigenvalue weighted by Crippen LogP contribution is 2.21. The minimum atomic E-state index is -0.405. The smallest absolute Gasteiger partial charge is 0.0644 e. The predicted molar refractivity (Wildman–Crippen MR) is 68.5 cm³/mol. The fourth-order valence-corrected chi connectivity index (χ4v) is 2.77. The molecule has 2 nitrogen and oxygen atoms in total. The second-order valence-electron chi connectivity index (χ2n) is 5.21. The first-order chi connectivity index (χ1) is 7.03. The largest absolute Gasteiger partial charge is 0.390 e. The molecule has 1 aliphatic heterocycles. The molecule has 15 heavy (non-hydrogen) atoms. The number of alkyl halides is 1. The third-order valence-corrected chi connectivity index (χ3v) is 3.93. The molecule has 1 saturated heterocycles. The lowest BCUT2D eigenvalue weighted by atomic mass is 9.93. The van der Waals surface area contributed by atoms with Crippen LogP contribution >= 0.6 is 15.9 Å². The van der Waals surface area contributed by atoms with Crippen molar-refractivity contribution < 1.29 is 5.11 Å². The Morgan fingerprint density at radius 3 is 2.47 bits per heavy atom. The van der Waals surface area contributed by atoms with Gasteiger partial charge < -0.3 is 10.0 Å². The van der Waals surface area contributed by atoms with Crippen molar-refractivity contribution in [2.24, 2.45) is 5.92 Å².